The Bertz CT molecular complexity index is 352. The van der Waals surface area contributed by atoms with Crippen LogP contribution in [0.2, 0.25) is 0 Å². The normalized spacial score (nSPS) is 18.7. The molecular weight excluding hydrogens is 220 g/mol. The maximum atomic E-state index is 12.1. The van der Waals surface area contributed by atoms with E-state index < -0.39 is 5.41 Å². The number of allylic oxidation sites excluding steroid dienone is 1. The number of aliphatic hydroxyl groups is 1. The van der Waals surface area contributed by atoms with E-state index in [9.17, 15) is 9.59 Å². The van der Waals surface area contributed by atoms with Crippen LogP contribution in [-0.2, 0) is 14.3 Å². The lowest BCUT2D eigenvalue weighted by atomic mass is 9.87. The molecule has 1 aliphatic carbocycles. The summed E-state index contributed by atoms with van der Waals surface area (Å²) < 4.78 is 4.97. The Morgan fingerprint density at radius 3 is 2.65 bits per heavy atom. The van der Waals surface area contributed by atoms with Gasteiger partial charge in [-0.3, -0.25) is 4.79 Å². The van der Waals surface area contributed by atoms with Crippen molar-refractivity contribution < 1.29 is 19.4 Å². The molecule has 17 heavy (non-hydrogen) atoms. The van der Waals surface area contributed by atoms with Crippen LogP contribution in [0, 0.1) is 5.41 Å². The average Bonchev–Trinajstić information content (AvgIpc) is 2.49. The first-order valence-corrected chi connectivity index (χ1v) is 5.99. The van der Waals surface area contributed by atoms with Crippen LogP contribution in [0.25, 0.3) is 0 Å². The highest BCUT2D eigenvalue weighted by atomic mass is 16.5. The molecule has 96 valence electrons. The van der Waals surface area contributed by atoms with Gasteiger partial charge in [0.1, 0.15) is 0 Å². The Morgan fingerprint density at radius 2 is 2.12 bits per heavy atom. The maximum absolute atomic E-state index is 12.1. The molecule has 0 amide bonds. The van der Waals surface area contributed by atoms with Crippen molar-refractivity contribution in [1.82, 2.24) is 0 Å². The lowest BCUT2D eigenvalue weighted by molar-refractivity contribution is -0.138. The molecule has 0 aliphatic heterocycles. The second-order valence-electron chi connectivity index (χ2n) is 4.89. The molecule has 0 radical (unpaired) electrons. The molecule has 0 bridgehead atoms. The third kappa shape index (κ3) is 2.94. The number of ether oxygens (including phenoxy) is 1. The van der Waals surface area contributed by atoms with Gasteiger partial charge in [-0.2, -0.15) is 0 Å². The van der Waals surface area contributed by atoms with Gasteiger partial charge in [-0.25, -0.2) is 4.79 Å². The molecule has 1 aliphatic rings. The first-order valence-electron chi connectivity index (χ1n) is 5.99. The second-order valence-corrected chi connectivity index (χ2v) is 4.89. The summed E-state index contributed by atoms with van der Waals surface area (Å²) in [6, 6.07) is 0. The Hall–Kier alpha value is -1.16. The number of hydrogen-bond donors (Lipinski definition) is 1. The zero-order valence-corrected chi connectivity index (χ0v) is 10.7. The molecule has 0 unspecified atom stereocenters. The smallest absolute Gasteiger partial charge is 0.334 e. The molecule has 4 nitrogen and oxygen atoms in total. The summed E-state index contributed by atoms with van der Waals surface area (Å²) in [5.41, 5.74) is 0.519. The van der Waals surface area contributed by atoms with Crippen LogP contribution in [0.1, 0.15) is 40.0 Å². The largest absolute Gasteiger partial charge is 0.463 e. The van der Waals surface area contributed by atoms with E-state index in [2.05, 4.69) is 0 Å². The summed E-state index contributed by atoms with van der Waals surface area (Å²) in [6.07, 6.45) is 1.39. The number of carbonyl (C=O) groups is 2. The highest BCUT2D eigenvalue weighted by Gasteiger charge is 2.41. The van der Waals surface area contributed by atoms with E-state index in [1.807, 2.05) is 13.8 Å². The zero-order chi connectivity index (χ0) is 13.1. The Morgan fingerprint density at radius 1 is 1.47 bits per heavy atom. The van der Waals surface area contributed by atoms with Crippen molar-refractivity contribution >= 4 is 11.8 Å². The number of Topliss-reactive ketones (excluding diaryl/α,β-unsaturated/α-hetero) is 1. The van der Waals surface area contributed by atoms with Crippen molar-refractivity contribution in [2.24, 2.45) is 5.41 Å². The summed E-state index contributed by atoms with van der Waals surface area (Å²) in [7, 11) is 0. The van der Waals surface area contributed by atoms with E-state index in [1.54, 1.807) is 6.92 Å². The fourth-order valence-corrected chi connectivity index (χ4v) is 2.11. The third-order valence-electron chi connectivity index (χ3n) is 2.98. The standard InChI is InChI=1S/C13H20O4/c1-4-17-12(16)10-8-13(2,3)11(15)9(10)6-5-7-14/h14H,4-8H2,1-3H3. The molecule has 1 rings (SSSR count). The summed E-state index contributed by atoms with van der Waals surface area (Å²) in [5, 5.41) is 8.82. The van der Waals surface area contributed by atoms with Crippen molar-refractivity contribution in [3.63, 3.8) is 0 Å². The third-order valence-corrected chi connectivity index (χ3v) is 2.98. The molecule has 4 heteroatoms. The van der Waals surface area contributed by atoms with Crippen molar-refractivity contribution in [3.05, 3.63) is 11.1 Å². The SMILES string of the molecule is CCOC(=O)C1=C(CCCO)C(=O)C(C)(C)C1. The highest BCUT2D eigenvalue weighted by Crippen LogP contribution is 2.40. The van der Waals surface area contributed by atoms with Gasteiger partial charge in [-0.15, -0.1) is 0 Å². The summed E-state index contributed by atoms with van der Waals surface area (Å²) in [4.78, 5) is 23.9. The number of ketones is 1. The molecule has 0 aromatic rings. The van der Waals surface area contributed by atoms with Gasteiger partial charge in [-0.1, -0.05) is 13.8 Å². The van der Waals surface area contributed by atoms with E-state index in [1.165, 1.54) is 0 Å². The summed E-state index contributed by atoms with van der Waals surface area (Å²) >= 11 is 0. The molecule has 0 aromatic carbocycles. The molecule has 0 heterocycles. The molecular formula is C13H20O4. The van der Waals surface area contributed by atoms with E-state index in [4.69, 9.17) is 9.84 Å². The minimum atomic E-state index is -0.521. The van der Waals surface area contributed by atoms with Crippen LogP contribution in [0.3, 0.4) is 0 Å². The van der Waals surface area contributed by atoms with Crippen molar-refractivity contribution in [2.45, 2.75) is 40.0 Å². The number of rotatable bonds is 5. The molecule has 0 aromatic heterocycles. The van der Waals surface area contributed by atoms with Gasteiger partial charge in [0, 0.05) is 23.2 Å². The predicted octanol–water partition coefficient (Wildman–Crippen LogP) is 1.62. The van der Waals surface area contributed by atoms with Crippen molar-refractivity contribution in [1.29, 1.82) is 0 Å². The average molecular weight is 240 g/mol. The lowest BCUT2D eigenvalue weighted by Crippen LogP contribution is -2.19. The summed E-state index contributed by atoms with van der Waals surface area (Å²) in [5.74, 6) is -0.381. The van der Waals surface area contributed by atoms with Crippen LogP contribution >= 0.6 is 0 Å². The van der Waals surface area contributed by atoms with Crippen LogP contribution in [0.4, 0.5) is 0 Å². The number of esters is 1. The minimum absolute atomic E-state index is 0.00834. The quantitative estimate of drug-likeness (QED) is 0.742. The van der Waals surface area contributed by atoms with Gasteiger partial charge in [0.25, 0.3) is 0 Å². The number of carbonyl (C=O) groups excluding carboxylic acids is 2. The summed E-state index contributed by atoms with van der Waals surface area (Å²) in [6.45, 7) is 5.74. The highest BCUT2D eigenvalue weighted by molar-refractivity contribution is 6.10. The Balaban J connectivity index is 2.96. The van der Waals surface area contributed by atoms with Gasteiger partial charge in [-0.05, 0) is 26.2 Å². The van der Waals surface area contributed by atoms with Gasteiger partial charge in [0.2, 0.25) is 0 Å². The molecule has 0 fully saturated rings. The number of hydrogen-bond acceptors (Lipinski definition) is 4. The van der Waals surface area contributed by atoms with Crippen LogP contribution in [0.15, 0.2) is 11.1 Å². The first kappa shape index (κ1) is 13.9. The van der Waals surface area contributed by atoms with Crippen molar-refractivity contribution in [3.8, 4) is 0 Å². The Labute approximate surface area is 102 Å². The predicted molar refractivity (Wildman–Crippen MR) is 63.4 cm³/mol. The fourth-order valence-electron chi connectivity index (χ4n) is 2.11. The minimum Gasteiger partial charge on any atom is -0.463 e. The van der Waals surface area contributed by atoms with Gasteiger partial charge in [0.05, 0.1) is 6.61 Å². The molecule has 0 atom stereocenters. The maximum Gasteiger partial charge on any atom is 0.334 e. The lowest BCUT2D eigenvalue weighted by Gasteiger charge is -2.15. The molecule has 0 saturated heterocycles. The second kappa shape index (κ2) is 5.45. The van der Waals surface area contributed by atoms with Gasteiger partial charge < -0.3 is 9.84 Å². The van der Waals surface area contributed by atoms with Gasteiger partial charge in [0.15, 0.2) is 5.78 Å². The zero-order valence-electron chi connectivity index (χ0n) is 10.7. The number of aliphatic hydroxyl groups excluding tert-OH is 1. The first-order chi connectivity index (χ1) is 7.94. The van der Waals surface area contributed by atoms with Crippen molar-refractivity contribution in [2.75, 3.05) is 13.2 Å². The van der Waals surface area contributed by atoms with E-state index in [-0.39, 0.29) is 18.4 Å². The topological polar surface area (TPSA) is 63.6 Å². The van der Waals surface area contributed by atoms with E-state index in [0.29, 0.717) is 37.0 Å². The van der Waals surface area contributed by atoms with Crippen LogP contribution < -0.4 is 0 Å². The monoisotopic (exact) mass is 240 g/mol. The molecule has 1 N–H and O–H groups in total. The fraction of sp³-hybridized carbons (Fsp3) is 0.692. The van der Waals surface area contributed by atoms with E-state index in [0.717, 1.165) is 0 Å². The van der Waals surface area contributed by atoms with Crippen LogP contribution in [-0.4, -0.2) is 30.1 Å². The van der Waals surface area contributed by atoms with E-state index >= 15 is 0 Å². The molecule has 0 saturated carbocycles. The van der Waals surface area contributed by atoms with Crippen LogP contribution in [0.5, 0.6) is 0 Å². The molecule has 0 spiro atoms. The Kier molecular flexibility index (Phi) is 4.46. The van der Waals surface area contributed by atoms with Gasteiger partial charge >= 0.3 is 5.97 Å².